The van der Waals surface area contributed by atoms with E-state index in [0.717, 1.165) is 52.2 Å². The minimum Gasteiger partial charge on any atom is -0.465 e. The molecule has 1 atom stereocenters. The monoisotopic (exact) mass is 328 g/mol. The average Bonchev–Trinajstić information content (AvgIpc) is 2.59. The molecule has 0 spiro atoms. The fraction of sp³-hybridized carbons (Fsp3) is 0.944. The van der Waals surface area contributed by atoms with Gasteiger partial charge in [0, 0.05) is 19.6 Å². The number of unbranched alkanes of at least 4 members (excludes halogenated alkanes) is 1. The first-order chi connectivity index (χ1) is 11.3. The summed E-state index contributed by atoms with van der Waals surface area (Å²) in [6.45, 7) is 11.5. The van der Waals surface area contributed by atoms with Crippen molar-refractivity contribution in [2.24, 2.45) is 5.92 Å². The second-order valence-electron chi connectivity index (χ2n) is 6.41. The number of hydrogen-bond donors (Lipinski definition) is 1. The maximum absolute atomic E-state index is 11.7. The van der Waals surface area contributed by atoms with Gasteiger partial charge in [0.05, 0.1) is 26.2 Å². The lowest BCUT2D eigenvalue weighted by atomic mass is 10.0. The summed E-state index contributed by atoms with van der Waals surface area (Å²) in [4.78, 5) is 14.2. The van der Waals surface area contributed by atoms with E-state index in [1.165, 1.54) is 19.3 Å². The number of nitrogens with zero attached hydrogens (tertiary/aromatic N) is 1. The predicted molar refractivity (Wildman–Crippen MR) is 93.6 cm³/mol. The largest absolute Gasteiger partial charge is 0.465 e. The Balaban J connectivity index is 1.92. The van der Waals surface area contributed by atoms with Crippen LogP contribution in [0.2, 0.25) is 0 Å². The van der Waals surface area contributed by atoms with Gasteiger partial charge in [-0.2, -0.15) is 0 Å². The Morgan fingerprint density at radius 1 is 1.22 bits per heavy atom. The lowest BCUT2D eigenvalue weighted by Gasteiger charge is -2.26. The second kappa shape index (κ2) is 13.8. The van der Waals surface area contributed by atoms with E-state index in [1.54, 1.807) is 0 Å². The molecule has 0 bridgehead atoms. The number of ether oxygens (including phenoxy) is 2. The third-order valence-corrected chi connectivity index (χ3v) is 4.46. The van der Waals surface area contributed by atoms with Gasteiger partial charge in [0.2, 0.25) is 0 Å². The van der Waals surface area contributed by atoms with E-state index in [-0.39, 0.29) is 5.97 Å². The molecule has 5 nitrogen and oxygen atoms in total. The molecule has 1 saturated heterocycles. The Morgan fingerprint density at radius 3 is 2.70 bits per heavy atom. The normalized spacial score (nSPS) is 17.1. The first-order valence-electron chi connectivity index (χ1n) is 9.42. The van der Waals surface area contributed by atoms with Crippen molar-refractivity contribution in [1.82, 2.24) is 10.2 Å². The van der Waals surface area contributed by atoms with Gasteiger partial charge in [-0.25, -0.2) is 0 Å². The van der Waals surface area contributed by atoms with E-state index >= 15 is 0 Å². The molecule has 0 aromatic carbocycles. The molecule has 1 heterocycles. The van der Waals surface area contributed by atoms with E-state index in [2.05, 4.69) is 24.1 Å². The number of nitrogens with one attached hydrogen (secondary N) is 1. The van der Waals surface area contributed by atoms with Gasteiger partial charge in [-0.3, -0.25) is 9.69 Å². The third kappa shape index (κ3) is 10.7. The molecule has 0 amide bonds. The minimum absolute atomic E-state index is 0.0689. The Morgan fingerprint density at radius 2 is 2.00 bits per heavy atom. The number of hydrogen-bond acceptors (Lipinski definition) is 5. The van der Waals surface area contributed by atoms with Gasteiger partial charge >= 0.3 is 5.97 Å². The van der Waals surface area contributed by atoms with Crippen LogP contribution in [0.1, 0.15) is 52.4 Å². The standard InChI is InChI=1S/C18H36N2O3/c1-3-5-7-17(4-2)16-23-18(21)8-10-19-9-6-11-20-12-14-22-15-13-20/h17,19H,3-16H2,1-2H3. The lowest BCUT2D eigenvalue weighted by Crippen LogP contribution is -2.37. The van der Waals surface area contributed by atoms with E-state index in [1.807, 2.05) is 0 Å². The molecule has 1 unspecified atom stereocenters. The molecule has 0 aliphatic carbocycles. The van der Waals surface area contributed by atoms with E-state index in [9.17, 15) is 4.79 Å². The zero-order chi connectivity index (χ0) is 16.8. The fourth-order valence-corrected chi connectivity index (χ4v) is 2.75. The molecule has 136 valence electrons. The van der Waals surface area contributed by atoms with Crippen LogP contribution in [0.5, 0.6) is 0 Å². The molecule has 23 heavy (non-hydrogen) atoms. The first-order valence-corrected chi connectivity index (χ1v) is 9.42. The molecule has 1 aliphatic heterocycles. The highest BCUT2D eigenvalue weighted by molar-refractivity contribution is 5.69. The van der Waals surface area contributed by atoms with Crippen LogP contribution in [0.25, 0.3) is 0 Å². The molecule has 0 saturated carbocycles. The van der Waals surface area contributed by atoms with Crippen molar-refractivity contribution in [1.29, 1.82) is 0 Å². The SMILES string of the molecule is CCCCC(CC)COC(=O)CCNCCCN1CCOCC1. The maximum atomic E-state index is 11.7. The maximum Gasteiger partial charge on any atom is 0.307 e. The Kier molecular flexibility index (Phi) is 12.2. The van der Waals surface area contributed by atoms with Gasteiger partial charge in [-0.1, -0.05) is 33.1 Å². The van der Waals surface area contributed by atoms with Crippen molar-refractivity contribution >= 4 is 5.97 Å². The number of carbonyl (C=O) groups is 1. The van der Waals surface area contributed by atoms with Gasteiger partial charge in [-0.15, -0.1) is 0 Å². The summed E-state index contributed by atoms with van der Waals surface area (Å²) >= 11 is 0. The van der Waals surface area contributed by atoms with Crippen LogP contribution >= 0.6 is 0 Å². The average molecular weight is 328 g/mol. The minimum atomic E-state index is -0.0689. The number of carbonyl (C=O) groups excluding carboxylic acids is 1. The predicted octanol–water partition coefficient (Wildman–Crippen LogP) is 2.45. The molecule has 1 fully saturated rings. The topological polar surface area (TPSA) is 50.8 Å². The molecular weight excluding hydrogens is 292 g/mol. The van der Waals surface area contributed by atoms with Crippen LogP contribution in [0.3, 0.4) is 0 Å². The van der Waals surface area contributed by atoms with E-state index in [4.69, 9.17) is 9.47 Å². The highest BCUT2D eigenvalue weighted by atomic mass is 16.5. The summed E-state index contributed by atoms with van der Waals surface area (Å²) in [5.41, 5.74) is 0. The summed E-state index contributed by atoms with van der Waals surface area (Å²) < 4.78 is 10.7. The highest BCUT2D eigenvalue weighted by Crippen LogP contribution is 2.13. The van der Waals surface area contributed by atoms with Gasteiger partial charge in [-0.05, 0) is 31.8 Å². The zero-order valence-electron chi connectivity index (χ0n) is 15.1. The van der Waals surface area contributed by atoms with E-state index in [0.29, 0.717) is 25.5 Å². The summed E-state index contributed by atoms with van der Waals surface area (Å²) in [6.07, 6.45) is 6.28. The van der Waals surface area contributed by atoms with Crippen LogP contribution < -0.4 is 5.32 Å². The zero-order valence-corrected chi connectivity index (χ0v) is 15.1. The number of esters is 1. The second-order valence-corrected chi connectivity index (χ2v) is 6.41. The highest BCUT2D eigenvalue weighted by Gasteiger charge is 2.10. The summed E-state index contributed by atoms with van der Waals surface area (Å²) in [6, 6.07) is 0. The third-order valence-electron chi connectivity index (χ3n) is 4.46. The molecule has 0 aromatic rings. The van der Waals surface area contributed by atoms with Crippen LogP contribution in [0.4, 0.5) is 0 Å². The Hall–Kier alpha value is -0.650. The van der Waals surface area contributed by atoms with Gasteiger partial charge in [0.15, 0.2) is 0 Å². The molecule has 0 aromatic heterocycles. The summed E-state index contributed by atoms with van der Waals surface area (Å²) in [7, 11) is 0. The van der Waals surface area contributed by atoms with Gasteiger partial charge in [0.25, 0.3) is 0 Å². The van der Waals surface area contributed by atoms with Crippen molar-refractivity contribution in [3.63, 3.8) is 0 Å². The molecule has 1 rings (SSSR count). The van der Waals surface area contributed by atoms with Gasteiger partial charge < -0.3 is 14.8 Å². The molecule has 1 N–H and O–H groups in total. The first kappa shape index (κ1) is 20.4. The lowest BCUT2D eigenvalue weighted by molar-refractivity contribution is -0.145. The quantitative estimate of drug-likeness (QED) is 0.416. The van der Waals surface area contributed by atoms with E-state index < -0.39 is 0 Å². The molecular formula is C18H36N2O3. The smallest absolute Gasteiger partial charge is 0.307 e. The van der Waals surface area contributed by atoms with Gasteiger partial charge in [0.1, 0.15) is 0 Å². The van der Waals surface area contributed by atoms with Crippen molar-refractivity contribution in [2.75, 3.05) is 52.5 Å². The fourth-order valence-electron chi connectivity index (χ4n) is 2.75. The summed E-state index contributed by atoms with van der Waals surface area (Å²) in [5, 5.41) is 3.33. The van der Waals surface area contributed by atoms with Crippen molar-refractivity contribution in [2.45, 2.75) is 52.4 Å². The van der Waals surface area contributed by atoms with Crippen LogP contribution in [-0.4, -0.2) is 63.4 Å². The van der Waals surface area contributed by atoms with Crippen LogP contribution in [0.15, 0.2) is 0 Å². The molecule has 1 aliphatic rings. The van der Waals surface area contributed by atoms with Crippen LogP contribution in [-0.2, 0) is 14.3 Å². The Bertz CT molecular complexity index is 294. The number of morpholine rings is 1. The van der Waals surface area contributed by atoms with Crippen molar-refractivity contribution < 1.29 is 14.3 Å². The molecule has 5 heteroatoms. The Labute approximate surface area is 142 Å². The van der Waals surface area contributed by atoms with Crippen molar-refractivity contribution in [3.05, 3.63) is 0 Å². The van der Waals surface area contributed by atoms with Crippen LogP contribution in [0, 0.1) is 5.92 Å². The van der Waals surface area contributed by atoms with Crippen molar-refractivity contribution in [3.8, 4) is 0 Å². The number of rotatable bonds is 13. The molecule has 0 radical (unpaired) electrons. The summed E-state index contributed by atoms with van der Waals surface area (Å²) in [5.74, 6) is 0.459.